The molecule has 0 saturated carbocycles. The molecule has 28 heavy (non-hydrogen) atoms. The molecule has 0 aromatic heterocycles. The van der Waals surface area contributed by atoms with Crippen LogP contribution in [0.15, 0.2) is 30.3 Å². The number of aryl methyl sites for hydroxylation is 2. The van der Waals surface area contributed by atoms with Crippen LogP contribution in [-0.2, 0) is 14.3 Å². The highest BCUT2D eigenvalue weighted by Crippen LogP contribution is 2.19. The summed E-state index contributed by atoms with van der Waals surface area (Å²) in [6.07, 6.45) is 0. The lowest BCUT2D eigenvalue weighted by Crippen LogP contribution is -2.35. The van der Waals surface area contributed by atoms with Crippen molar-refractivity contribution in [3.63, 3.8) is 0 Å². The van der Waals surface area contributed by atoms with E-state index in [1.807, 2.05) is 12.2 Å². The third-order valence-corrected chi connectivity index (χ3v) is 3.69. The number of anilines is 1. The van der Waals surface area contributed by atoms with Crippen LogP contribution in [0.2, 0.25) is 0 Å². The molecule has 0 aliphatic rings. The molecule has 2 amide bonds. The Morgan fingerprint density at radius 3 is 2.36 bits per heavy atom. The lowest BCUT2D eigenvalue weighted by molar-refractivity contribution is -0.126. The van der Waals surface area contributed by atoms with E-state index >= 15 is 0 Å². The molecule has 0 spiro atoms. The van der Waals surface area contributed by atoms with Gasteiger partial charge in [0, 0.05) is 0 Å². The molecule has 0 heterocycles. The predicted molar refractivity (Wildman–Crippen MR) is 94.2 cm³/mol. The van der Waals surface area contributed by atoms with Crippen LogP contribution in [-0.4, -0.2) is 30.9 Å². The molecule has 0 bridgehead atoms. The molecule has 0 saturated heterocycles. The number of amides is 2. The summed E-state index contributed by atoms with van der Waals surface area (Å²) < 4.78 is 44.3. The number of benzene rings is 2. The minimum absolute atomic E-state index is 0.310. The molecule has 2 aromatic carbocycles. The summed E-state index contributed by atoms with van der Waals surface area (Å²) in [5, 5.41) is 4.15. The first-order valence-corrected chi connectivity index (χ1v) is 8.13. The lowest BCUT2D eigenvalue weighted by Gasteiger charge is -2.10. The van der Waals surface area contributed by atoms with E-state index in [-0.39, 0.29) is 0 Å². The maximum Gasteiger partial charge on any atom is 0.338 e. The van der Waals surface area contributed by atoms with Gasteiger partial charge in [-0.2, -0.15) is 0 Å². The molecule has 2 N–H and O–H groups in total. The second kappa shape index (κ2) is 9.03. The van der Waals surface area contributed by atoms with Crippen LogP contribution in [0.5, 0.6) is 0 Å². The highest BCUT2D eigenvalue weighted by molar-refractivity contribution is 5.96. The van der Waals surface area contributed by atoms with Crippen molar-refractivity contribution in [1.29, 1.82) is 0 Å². The molecule has 2 aromatic rings. The minimum atomic E-state index is -1.72. The van der Waals surface area contributed by atoms with Gasteiger partial charge < -0.3 is 15.4 Å². The van der Waals surface area contributed by atoms with Gasteiger partial charge in [-0.1, -0.05) is 17.7 Å². The molecule has 148 valence electrons. The van der Waals surface area contributed by atoms with Gasteiger partial charge >= 0.3 is 5.97 Å². The standard InChI is InChI=1S/C19H17F3N2O4/c1-10-3-4-12(11(2)7-10)19(27)28-9-16(26)23-8-15(25)24-14-6-5-13(20)17(21)18(14)22/h3-7H,8-9H2,1-2H3,(H,23,26)(H,24,25). The predicted octanol–water partition coefficient (Wildman–Crippen LogP) is 2.63. The van der Waals surface area contributed by atoms with E-state index in [1.54, 1.807) is 25.1 Å². The zero-order valence-corrected chi connectivity index (χ0v) is 15.1. The minimum Gasteiger partial charge on any atom is -0.452 e. The smallest absolute Gasteiger partial charge is 0.338 e. The van der Waals surface area contributed by atoms with Crippen molar-refractivity contribution in [1.82, 2.24) is 5.32 Å². The molecule has 0 aliphatic heterocycles. The Balaban J connectivity index is 1.81. The van der Waals surface area contributed by atoms with Gasteiger partial charge in [-0.05, 0) is 37.6 Å². The average Bonchev–Trinajstić information content (AvgIpc) is 2.65. The van der Waals surface area contributed by atoms with E-state index in [2.05, 4.69) is 5.32 Å². The SMILES string of the molecule is Cc1ccc(C(=O)OCC(=O)NCC(=O)Nc2ccc(F)c(F)c2F)c(C)c1. The van der Waals surface area contributed by atoms with E-state index in [4.69, 9.17) is 4.74 Å². The second-order valence-corrected chi connectivity index (χ2v) is 5.94. The van der Waals surface area contributed by atoms with Gasteiger partial charge in [-0.3, -0.25) is 9.59 Å². The van der Waals surface area contributed by atoms with Gasteiger partial charge in [0.25, 0.3) is 5.91 Å². The first-order chi connectivity index (χ1) is 13.2. The Hall–Kier alpha value is -3.36. The first kappa shape index (κ1) is 20.9. The number of rotatable bonds is 6. The molecule has 0 atom stereocenters. The molecule has 2 rings (SSSR count). The Morgan fingerprint density at radius 2 is 1.68 bits per heavy atom. The fourth-order valence-electron chi connectivity index (χ4n) is 2.30. The topological polar surface area (TPSA) is 84.5 Å². The van der Waals surface area contributed by atoms with Crippen molar-refractivity contribution < 1.29 is 32.3 Å². The van der Waals surface area contributed by atoms with Gasteiger partial charge in [0.2, 0.25) is 5.91 Å². The third-order valence-electron chi connectivity index (χ3n) is 3.69. The first-order valence-electron chi connectivity index (χ1n) is 8.13. The van der Waals surface area contributed by atoms with E-state index in [0.29, 0.717) is 17.2 Å². The Morgan fingerprint density at radius 1 is 0.964 bits per heavy atom. The van der Waals surface area contributed by atoms with Crippen molar-refractivity contribution in [3.05, 3.63) is 64.5 Å². The quantitative estimate of drug-likeness (QED) is 0.583. The maximum absolute atomic E-state index is 13.5. The highest BCUT2D eigenvalue weighted by Gasteiger charge is 2.16. The summed E-state index contributed by atoms with van der Waals surface area (Å²) in [7, 11) is 0. The average molecular weight is 394 g/mol. The number of ether oxygens (including phenoxy) is 1. The summed E-state index contributed by atoms with van der Waals surface area (Å²) in [6, 6.07) is 6.59. The van der Waals surface area contributed by atoms with Crippen LogP contribution in [0.25, 0.3) is 0 Å². The summed E-state index contributed by atoms with van der Waals surface area (Å²) in [4.78, 5) is 35.3. The lowest BCUT2D eigenvalue weighted by atomic mass is 10.1. The number of carbonyl (C=O) groups is 3. The van der Waals surface area contributed by atoms with Gasteiger partial charge in [0.15, 0.2) is 24.1 Å². The van der Waals surface area contributed by atoms with Crippen molar-refractivity contribution in [2.45, 2.75) is 13.8 Å². The maximum atomic E-state index is 13.5. The molecule has 0 unspecified atom stereocenters. The van der Waals surface area contributed by atoms with Gasteiger partial charge in [0.1, 0.15) is 0 Å². The van der Waals surface area contributed by atoms with E-state index in [0.717, 1.165) is 11.6 Å². The van der Waals surface area contributed by atoms with Crippen LogP contribution in [0.3, 0.4) is 0 Å². The molecule has 9 heteroatoms. The second-order valence-electron chi connectivity index (χ2n) is 5.94. The van der Waals surface area contributed by atoms with Crippen LogP contribution >= 0.6 is 0 Å². The number of esters is 1. The van der Waals surface area contributed by atoms with Crippen molar-refractivity contribution in [2.75, 3.05) is 18.5 Å². The van der Waals surface area contributed by atoms with E-state index < -0.39 is 54.1 Å². The summed E-state index contributed by atoms with van der Waals surface area (Å²) in [5.74, 6) is -7.00. The molecule has 0 radical (unpaired) electrons. The number of carbonyl (C=O) groups excluding carboxylic acids is 3. The van der Waals surface area contributed by atoms with E-state index in [9.17, 15) is 27.6 Å². The molecular weight excluding hydrogens is 377 g/mol. The van der Waals surface area contributed by atoms with Gasteiger partial charge in [0.05, 0.1) is 17.8 Å². The third kappa shape index (κ3) is 5.32. The monoisotopic (exact) mass is 394 g/mol. The number of nitrogens with one attached hydrogen (secondary N) is 2. The largest absolute Gasteiger partial charge is 0.452 e. The van der Waals surface area contributed by atoms with Crippen LogP contribution in [0.1, 0.15) is 21.5 Å². The van der Waals surface area contributed by atoms with Crippen molar-refractivity contribution in [3.8, 4) is 0 Å². The highest BCUT2D eigenvalue weighted by atomic mass is 19.2. The Labute approximate surface area is 158 Å². The zero-order chi connectivity index (χ0) is 20.8. The van der Waals surface area contributed by atoms with Crippen molar-refractivity contribution >= 4 is 23.5 Å². The number of hydrogen-bond donors (Lipinski definition) is 2. The number of hydrogen-bond acceptors (Lipinski definition) is 4. The van der Waals surface area contributed by atoms with Gasteiger partial charge in [-0.15, -0.1) is 0 Å². The molecular formula is C19H17F3N2O4. The summed E-state index contributed by atoms with van der Waals surface area (Å²) in [6.45, 7) is 2.38. The van der Waals surface area contributed by atoms with E-state index in [1.165, 1.54) is 0 Å². The fraction of sp³-hybridized carbons (Fsp3) is 0.211. The van der Waals surface area contributed by atoms with Gasteiger partial charge in [-0.25, -0.2) is 18.0 Å². The molecule has 0 fully saturated rings. The van der Waals surface area contributed by atoms with Crippen LogP contribution < -0.4 is 10.6 Å². The molecule has 0 aliphatic carbocycles. The van der Waals surface area contributed by atoms with Crippen molar-refractivity contribution in [2.24, 2.45) is 0 Å². The summed E-state index contributed by atoms with van der Waals surface area (Å²) in [5.41, 5.74) is 1.40. The fourth-order valence-corrected chi connectivity index (χ4v) is 2.30. The summed E-state index contributed by atoms with van der Waals surface area (Å²) >= 11 is 0. The van der Waals surface area contributed by atoms with Crippen LogP contribution in [0, 0.1) is 31.3 Å². The van der Waals surface area contributed by atoms with Crippen LogP contribution in [0.4, 0.5) is 18.9 Å². The normalized spacial score (nSPS) is 10.3. The number of halogens is 3. The zero-order valence-electron chi connectivity index (χ0n) is 15.1. The Kier molecular flexibility index (Phi) is 6.75. The molecule has 6 nitrogen and oxygen atoms in total. The Bertz CT molecular complexity index is 932.